The lowest BCUT2D eigenvalue weighted by molar-refractivity contribution is 0.0672. The van der Waals surface area contributed by atoms with Crippen LogP contribution in [0, 0.1) is 6.92 Å². The molecule has 0 spiro atoms. The maximum absolute atomic E-state index is 12.6. The quantitative estimate of drug-likeness (QED) is 0.793. The summed E-state index contributed by atoms with van der Waals surface area (Å²) in [7, 11) is 0. The lowest BCUT2D eigenvalue weighted by Crippen LogP contribution is -2.51. The highest BCUT2D eigenvalue weighted by Gasteiger charge is 2.25. The molecule has 0 aromatic heterocycles. The van der Waals surface area contributed by atoms with Crippen molar-refractivity contribution in [2.45, 2.75) is 6.92 Å². The molecule has 1 heterocycles. The van der Waals surface area contributed by atoms with Gasteiger partial charge in [0.25, 0.3) is 5.91 Å². The molecular formula is C19H23ClN4O2. The molecule has 6 nitrogen and oxygen atoms in total. The Morgan fingerprint density at radius 3 is 2.27 bits per heavy atom. The standard InChI is InChI=1S/C19H22N4O2.ClH/c1-14-5-4-6-15(13-14)21-19(25)23-11-9-22(10-12-23)18(24)16-7-2-3-8-17(16)20;/h2-8,13H,9-12,20H2,1H3,(H,21,25);1H. The zero-order valence-electron chi connectivity index (χ0n) is 14.6. The maximum Gasteiger partial charge on any atom is 0.321 e. The van der Waals surface area contributed by atoms with Crippen LogP contribution >= 0.6 is 12.4 Å². The number of nitrogens with one attached hydrogen (secondary N) is 1. The number of urea groups is 1. The summed E-state index contributed by atoms with van der Waals surface area (Å²) in [6.45, 7) is 3.96. The first-order valence-corrected chi connectivity index (χ1v) is 8.31. The van der Waals surface area contributed by atoms with E-state index < -0.39 is 0 Å². The van der Waals surface area contributed by atoms with Gasteiger partial charge in [-0.25, -0.2) is 4.79 Å². The van der Waals surface area contributed by atoms with Crippen LogP contribution in [0.5, 0.6) is 0 Å². The van der Waals surface area contributed by atoms with Crippen molar-refractivity contribution in [3.8, 4) is 0 Å². The van der Waals surface area contributed by atoms with Crippen LogP contribution in [0.2, 0.25) is 0 Å². The largest absolute Gasteiger partial charge is 0.398 e. The summed E-state index contributed by atoms with van der Waals surface area (Å²) in [5, 5.41) is 2.90. The minimum Gasteiger partial charge on any atom is -0.398 e. The van der Waals surface area contributed by atoms with Crippen molar-refractivity contribution in [2.24, 2.45) is 0 Å². The summed E-state index contributed by atoms with van der Waals surface area (Å²) < 4.78 is 0. The van der Waals surface area contributed by atoms with Gasteiger partial charge in [0, 0.05) is 37.6 Å². The fourth-order valence-corrected chi connectivity index (χ4v) is 2.90. The highest BCUT2D eigenvalue weighted by molar-refractivity contribution is 5.99. The molecule has 1 aliphatic heterocycles. The van der Waals surface area contributed by atoms with Crippen LogP contribution in [-0.4, -0.2) is 47.9 Å². The van der Waals surface area contributed by atoms with Crippen molar-refractivity contribution in [1.29, 1.82) is 0 Å². The number of hydrogen-bond acceptors (Lipinski definition) is 3. The summed E-state index contributed by atoms with van der Waals surface area (Å²) >= 11 is 0. The van der Waals surface area contributed by atoms with Gasteiger partial charge in [-0.1, -0.05) is 24.3 Å². The van der Waals surface area contributed by atoms with E-state index in [1.807, 2.05) is 31.2 Å². The van der Waals surface area contributed by atoms with Crippen molar-refractivity contribution >= 4 is 35.7 Å². The number of nitrogens with two attached hydrogens (primary N) is 1. The van der Waals surface area contributed by atoms with Crippen molar-refractivity contribution in [1.82, 2.24) is 9.80 Å². The van der Waals surface area contributed by atoms with E-state index in [9.17, 15) is 9.59 Å². The molecule has 0 unspecified atom stereocenters. The molecule has 2 aromatic carbocycles. The van der Waals surface area contributed by atoms with E-state index in [0.29, 0.717) is 37.4 Å². The molecule has 3 N–H and O–H groups in total. The Balaban J connectivity index is 0.00000243. The molecule has 1 aliphatic rings. The Labute approximate surface area is 159 Å². The molecule has 1 fully saturated rings. The van der Waals surface area contributed by atoms with Crippen molar-refractivity contribution in [3.63, 3.8) is 0 Å². The van der Waals surface area contributed by atoms with E-state index in [1.165, 1.54) is 0 Å². The monoisotopic (exact) mass is 374 g/mol. The number of benzene rings is 2. The van der Waals surface area contributed by atoms with Crippen LogP contribution in [0.3, 0.4) is 0 Å². The van der Waals surface area contributed by atoms with Gasteiger partial charge in [0.05, 0.1) is 5.56 Å². The number of hydrogen-bond donors (Lipinski definition) is 2. The van der Waals surface area contributed by atoms with Crippen LogP contribution in [0.25, 0.3) is 0 Å². The lowest BCUT2D eigenvalue weighted by Gasteiger charge is -2.35. The highest BCUT2D eigenvalue weighted by Crippen LogP contribution is 2.16. The van der Waals surface area contributed by atoms with Gasteiger partial charge in [-0.3, -0.25) is 4.79 Å². The number of piperazine rings is 1. The van der Waals surface area contributed by atoms with Gasteiger partial charge in [0.2, 0.25) is 0 Å². The molecule has 138 valence electrons. The van der Waals surface area contributed by atoms with E-state index >= 15 is 0 Å². The zero-order valence-corrected chi connectivity index (χ0v) is 15.5. The Hall–Kier alpha value is -2.73. The van der Waals surface area contributed by atoms with E-state index in [2.05, 4.69) is 5.32 Å². The Bertz CT molecular complexity index is 789. The molecule has 0 atom stereocenters. The highest BCUT2D eigenvalue weighted by atomic mass is 35.5. The second kappa shape index (κ2) is 8.58. The third-order valence-corrected chi connectivity index (χ3v) is 4.31. The van der Waals surface area contributed by atoms with Crippen LogP contribution < -0.4 is 11.1 Å². The first-order valence-electron chi connectivity index (χ1n) is 8.31. The van der Waals surface area contributed by atoms with E-state index in [1.54, 1.807) is 34.1 Å². The number of nitrogens with zero attached hydrogens (tertiary/aromatic N) is 2. The molecular weight excluding hydrogens is 352 g/mol. The zero-order chi connectivity index (χ0) is 17.8. The molecule has 3 amide bonds. The minimum atomic E-state index is -0.142. The predicted molar refractivity (Wildman–Crippen MR) is 106 cm³/mol. The minimum absolute atomic E-state index is 0. The molecule has 3 rings (SSSR count). The SMILES string of the molecule is Cc1cccc(NC(=O)N2CCN(C(=O)c3ccccc3N)CC2)c1.Cl. The normalized spacial score (nSPS) is 13.7. The number of halogens is 1. The van der Waals surface area contributed by atoms with Gasteiger partial charge >= 0.3 is 6.03 Å². The third kappa shape index (κ3) is 4.46. The van der Waals surface area contributed by atoms with Gasteiger partial charge in [-0.05, 0) is 36.8 Å². The number of amides is 3. The molecule has 0 aliphatic carbocycles. The van der Waals surface area contributed by atoms with Crippen LogP contribution in [0.15, 0.2) is 48.5 Å². The topological polar surface area (TPSA) is 78.7 Å². The van der Waals surface area contributed by atoms with Crippen molar-refractivity contribution in [2.75, 3.05) is 37.2 Å². The van der Waals surface area contributed by atoms with Gasteiger partial charge < -0.3 is 20.9 Å². The van der Waals surface area contributed by atoms with Crippen LogP contribution in [0.1, 0.15) is 15.9 Å². The average Bonchev–Trinajstić information content (AvgIpc) is 2.62. The smallest absolute Gasteiger partial charge is 0.321 e. The number of para-hydroxylation sites is 1. The number of nitrogen functional groups attached to an aromatic ring is 1. The average molecular weight is 375 g/mol. The number of anilines is 2. The van der Waals surface area contributed by atoms with Gasteiger partial charge in [-0.2, -0.15) is 0 Å². The fourth-order valence-electron chi connectivity index (χ4n) is 2.90. The molecule has 0 bridgehead atoms. The molecule has 0 saturated carbocycles. The molecule has 0 radical (unpaired) electrons. The van der Waals surface area contributed by atoms with Gasteiger partial charge in [0.15, 0.2) is 0 Å². The maximum atomic E-state index is 12.6. The first kappa shape index (κ1) is 19.6. The summed E-state index contributed by atoms with van der Waals surface area (Å²) in [5.74, 6) is -0.0863. The van der Waals surface area contributed by atoms with E-state index in [0.717, 1.165) is 11.3 Å². The fraction of sp³-hybridized carbons (Fsp3) is 0.263. The lowest BCUT2D eigenvalue weighted by atomic mass is 10.1. The molecule has 26 heavy (non-hydrogen) atoms. The first-order chi connectivity index (χ1) is 12.0. The predicted octanol–water partition coefficient (Wildman–Crippen LogP) is 2.99. The number of carbonyl (C=O) groups is 2. The summed E-state index contributed by atoms with van der Waals surface area (Å²) in [6.07, 6.45) is 0. The van der Waals surface area contributed by atoms with Crippen molar-refractivity contribution < 1.29 is 9.59 Å². The Morgan fingerprint density at radius 2 is 1.62 bits per heavy atom. The second-order valence-corrected chi connectivity index (χ2v) is 6.17. The van der Waals surface area contributed by atoms with Crippen LogP contribution in [0.4, 0.5) is 16.2 Å². The van der Waals surface area contributed by atoms with Crippen LogP contribution in [-0.2, 0) is 0 Å². The summed E-state index contributed by atoms with van der Waals surface area (Å²) in [5.41, 5.74) is 8.74. The van der Waals surface area contributed by atoms with Crippen molar-refractivity contribution in [3.05, 3.63) is 59.7 Å². The Morgan fingerprint density at radius 1 is 0.962 bits per heavy atom. The van der Waals surface area contributed by atoms with E-state index in [-0.39, 0.29) is 24.3 Å². The number of rotatable bonds is 2. The van der Waals surface area contributed by atoms with E-state index in [4.69, 9.17) is 5.73 Å². The van der Waals surface area contributed by atoms with Gasteiger partial charge in [-0.15, -0.1) is 12.4 Å². The van der Waals surface area contributed by atoms with Gasteiger partial charge in [0.1, 0.15) is 0 Å². The molecule has 7 heteroatoms. The summed E-state index contributed by atoms with van der Waals surface area (Å²) in [6, 6.07) is 14.6. The Kier molecular flexibility index (Phi) is 6.46. The molecule has 1 saturated heterocycles. The molecule has 2 aromatic rings. The number of carbonyl (C=O) groups excluding carboxylic acids is 2. The second-order valence-electron chi connectivity index (χ2n) is 6.17. The third-order valence-electron chi connectivity index (χ3n) is 4.31. The summed E-state index contributed by atoms with van der Waals surface area (Å²) in [4.78, 5) is 28.4. The number of aryl methyl sites for hydroxylation is 1.